The standard InChI is InChI=1S/C16H23N5O/c1-12(14-5-4-7-17-9-14)21-8-6-15(10-21)20(3)11-16-18-13(2)22-19-16/h4-5,7,9,12,15H,6,8,10-11H2,1-3H3/t12-,15+/m1/s1. The highest BCUT2D eigenvalue weighted by Crippen LogP contribution is 2.26. The maximum absolute atomic E-state index is 5.04. The van der Waals surface area contributed by atoms with Gasteiger partial charge in [0, 0.05) is 44.5 Å². The number of hydrogen-bond acceptors (Lipinski definition) is 6. The Balaban J connectivity index is 1.57. The SMILES string of the molecule is Cc1nc(CN(C)[C@H]2CCN([C@H](C)c3cccnc3)C2)no1. The predicted molar refractivity (Wildman–Crippen MR) is 83.1 cm³/mol. The first-order chi connectivity index (χ1) is 10.6. The summed E-state index contributed by atoms with van der Waals surface area (Å²) < 4.78 is 5.04. The number of hydrogen-bond donors (Lipinski definition) is 0. The van der Waals surface area contributed by atoms with Crippen LogP contribution in [0.3, 0.4) is 0 Å². The Morgan fingerprint density at radius 2 is 2.36 bits per heavy atom. The molecule has 22 heavy (non-hydrogen) atoms. The third kappa shape index (κ3) is 3.34. The number of aromatic nitrogens is 3. The van der Waals surface area contributed by atoms with Crippen molar-refractivity contribution in [1.82, 2.24) is 24.9 Å². The molecule has 0 radical (unpaired) electrons. The van der Waals surface area contributed by atoms with Crippen LogP contribution in [0.25, 0.3) is 0 Å². The molecule has 3 rings (SSSR count). The fourth-order valence-corrected chi connectivity index (χ4v) is 3.07. The van der Waals surface area contributed by atoms with E-state index in [0.29, 0.717) is 18.0 Å². The molecule has 3 heterocycles. The Morgan fingerprint density at radius 1 is 1.50 bits per heavy atom. The van der Waals surface area contributed by atoms with Crippen molar-refractivity contribution < 1.29 is 4.52 Å². The zero-order valence-corrected chi connectivity index (χ0v) is 13.4. The lowest BCUT2D eigenvalue weighted by molar-refractivity contribution is 0.198. The van der Waals surface area contributed by atoms with Gasteiger partial charge < -0.3 is 4.52 Å². The lowest BCUT2D eigenvalue weighted by Gasteiger charge is -2.27. The molecule has 2 aromatic heterocycles. The number of aryl methyl sites for hydroxylation is 1. The number of nitrogens with zero attached hydrogens (tertiary/aromatic N) is 5. The van der Waals surface area contributed by atoms with E-state index in [-0.39, 0.29) is 0 Å². The van der Waals surface area contributed by atoms with Gasteiger partial charge in [0.15, 0.2) is 5.82 Å². The topological polar surface area (TPSA) is 58.3 Å². The van der Waals surface area contributed by atoms with Crippen molar-refractivity contribution in [2.75, 3.05) is 20.1 Å². The fourth-order valence-electron chi connectivity index (χ4n) is 3.07. The van der Waals surface area contributed by atoms with E-state index in [2.05, 4.69) is 45.0 Å². The van der Waals surface area contributed by atoms with Crippen molar-refractivity contribution >= 4 is 0 Å². The molecule has 0 saturated carbocycles. The van der Waals surface area contributed by atoms with Gasteiger partial charge in [-0.1, -0.05) is 11.2 Å². The minimum absolute atomic E-state index is 0.402. The van der Waals surface area contributed by atoms with E-state index in [4.69, 9.17) is 4.52 Å². The Morgan fingerprint density at radius 3 is 3.05 bits per heavy atom. The second-order valence-electron chi connectivity index (χ2n) is 6.04. The number of pyridine rings is 1. The summed E-state index contributed by atoms with van der Waals surface area (Å²) in [5.74, 6) is 1.39. The van der Waals surface area contributed by atoms with E-state index in [1.807, 2.05) is 25.4 Å². The van der Waals surface area contributed by atoms with Crippen LogP contribution in [0.4, 0.5) is 0 Å². The zero-order chi connectivity index (χ0) is 15.5. The molecule has 1 aliphatic heterocycles. The Bertz CT molecular complexity index is 600. The quantitative estimate of drug-likeness (QED) is 0.842. The maximum atomic E-state index is 5.04. The molecular formula is C16H23N5O. The summed E-state index contributed by atoms with van der Waals surface area (Å²) >= 11 is 0. The van der Waals surface area contributed by atoms with Gasteiger partial charge in [-0.15, -0.1) is 0 Å². The monoisotopic (exact) mass is 301 g/mol. The summed E-state index contributed by atoms with van der Waals surface area (Å²) in [5.41, 5.74) is 1.28. The molecule has 0 amide bonds. The third-order valence-electron chi connectivity index (χ3n) is 4.49. The van der Waals surface area contributed by atoms with Crippen molar-refractivity contribution in [3.05, 3.63) is 41.8 Å². The Kier molecular flexibility index (Phi) is 4.49. The van der Waals surface area contributed by atoms with Crippen molar-refractivity contribution in [1.29, 1.82) is 0 Å². The van der Waals surface area contributed by atoms with Gasteiger partial charge in [-0.05, 0) is 32.0 Å². The van der Waals surface area contributed by atoms with Crippen LogP contribution in [0.15, 0.2) is 29.0 Å². The normalized spacial score (nSPS) is 20.6. The summed E-state index contributed by atoms with van der Waals surface area (Å²) in [6.45, 7) is 6.97. The number of likely N-dealkylation sites (N-methyl/N-ethyl adjacent to an activating group) is 1. The molecule has 1 fully saturated rings. The van der Waals surface area contributed by atoms with Gasteiger partial charge in [0.2, 0.25) is 5.89 Å². The molecule has 0 N–H and O–H groups in total. The number of rotatable bonds is 5. The molecule has 118 valence electrons. The highest BCUT2D eigenvalue weighted by Gasteiger charge is 2.29. The molecule has 0 bridgehead atoms. The molecule has 1 aliphatic rings. The van der Waals surface area contributed by atoms with Gasteiger partial charge in [0.25, 0.3) is 0 Å². The van der Waals surface area contributed by atoms with Crippen molar-refractivity contribution in [2.24, 2.45) is 0 Å². The summed E-state index contributed by atoms with van der Waals surface area (Å²) in [6, 6.07) is 5.08. The summed E-state index contributed by atoms with van der Waals surface area (Å²) in [4.78, 5) is 13.3. The Hall–Kier alpha value is -1.79. The minimum Gasteiger partial charge on any atom is -0.340 e. The van der Waals surface area contributed by atoms with Gasteiger partial charge in [-0.3, -0.25) is 14.8 Å². The highest BCUT2D eigenvalue weighted by atomic mass is 16.5. The van der Waals surface area contributed by atoms with Crippen LogP contribution in [0.5, 0.6) is 0 Å². The van der Waals surface area contributed by atoms with E-state index in [1.54, 1.807) is 0 Å². The predicted octanol–water partition coefficient (Wildman–Crippen LogP) is 2.04. The zero-order valence-electron chi connectivity index (χ0n) is 13.4. The van der Waals surface area contributed by atoms with Crippen molar-refractivity contribution in [3.63, 3.8) is 0 Å². The molecule has 0 unspecified atom stereocenters. The number of likely N-dealkylation sites (tertiary alicyclic amines) is 1. The lowest BCUT2D eigenvalue weighted by atomic mass is 10.1. The third-order valence-corrected chi connectivity index (χ3v) is 4.49. The molecular weight excluding hydrogens is 278 g/mol. The molecule has 2 aromatic rings. The van der Waals surface area contributed by atoms with Crippen LogP contribution < -0.4 is 0 Å². The van der Waals surface area contributed by atoms with Gasteiger partial charge in [-0.2, -0.15) is 4.98 Å². The summed E-state index contributed by atoms with van der Waals surface area (Å²) in [6.07, 6.45) is 4.95. The lowest BCUT2D eigenvalue weighted by Crippen LogP contribution is -2.35. The molecule has 2 atom stereocenters. The molecule has 0 aromatic carbocycles. The second-order valence-corrected chi connectivity index (χ2v) is 6.04. The van der Waals surface area contributed by atoms with Crippen LogP contribution in [-0.4, -0.2) is 51.1 Å². The van der Waals surface area contributed by atoms with Crippen LogP contribution in [0.2, 0.25) is 0 Å². The summed E-state index contributed by atoms with van der Waals surface area (Å²) in [7, 11) is 2.13. The van der Waals surface area contributed by atoms with Crippen molar-refractivity contribution in [2.45, 2.75) is 38.9 Å². The average molecular weight is 301 g/mol. The Labute approximate surface area is 131 Å². The average Bonchev–Trinajstić information content (AvgIpc) is 3.17. The fraction of sp³-hybridized carbons (Fsp3) is 0.562. The largest absolute Gasteiger partial charge is 0.340 e. The maximum Gasteiger partial charge on any atom is 0.223 e. The van der Waals surface area contributed by atoms with E-state index in [9.17, 15) is 0 Å². The smallest absolute Gasteiger partial charge is 0.223 e. The second kappa shape index (κ2) is 6.54. The van der Waals surface area contributed by atoms with Crippen LogP contribution in [0.1, 0.15) is 36.7 Å². The molecule has 0 aliphatic carbocycles. The van der Waals surface area contributed by atoms with Crippen LogP contribution in [0, 0.1) is 6.92 Å². The first kappa shape index (κ1) is 15.1. The van der Waals surface area contributed by atoms with Gasteiger partial charge in [0.1, 0.15) is 0 Å². The first-order valence-electron chi connectivity index (χ1n) is 7.77. The highest BCUT2D eigenvalue weighted by molar-refractivity contribution is 5.13. The van der Waals surface area contributed by atoms with E-state index in [0.717, 1.165) is 31.9 Å². The molecule has 1 saturated heterocycles. The van der Waals surface area contributed by atoms with E-state index < -0.39 is 0 Å². The molecule has 0 spiro atoms. The summed E-state index contributed by atoms with van der Waals surface area (Å²) in [5, 5.41) is 3.98. The van der Waals surface area contributed by atoms with Gasteiger partial charge in [-0.25, -0.2) is 0 Å². The van der Waals surface area contributed by atoms with Gasteiger partial charge >= 0.3 is 0 Å². The van der Waals surface area contributed by atoms with E-state index in [1.165, 1.54) is 5.56 Å². The first-order valence-corrected chi connectivity index (χ1v) is 7.77. The van der Waals surface area contributed by atoms with E-state index >= 15 is 0 Å². The van der Waals surface area contributed by atoms with Gasteiger partial charge in [0.05, 0.1) is 6.54 Å². The van der Waals surface area contributed by atoms with Crippen LogP contribution >= 0.6 is 0 Å². The molecule has 6 nitrogen and oxygen atoms in total. The van der Waals surface area contributed by atoms with Crippen molar-refractivity contribution in [3.8, 4) is 0 Å². The minimum atomic E-state index is 0.402. The molecule has 6 heteroatoms. The van der Waals surface area contributed by atoms with Crippen LogP contribution in [-0.2, 0) is 6.54 Å².